The van der Waals surface area contributed by atoms with Gasteiger partial charge in [-0.25, -0.2) is 0 Å². The second kappa shape index (κ2) is 4.00. The molecular weight excluding hydrogens is 158 g/mol. The molecule has 1 aliphatic carbocycles. The minimum atomic E-state index is 0.434. The third kappa shape index (κ3) is 5.30. The van der Waals surface area contributed by atoms with E-state index in [0.29, 0.717) is 5.41 Å². The van der Waals surface area contributed by atoms with Crippen LogP contribution in [0.5, 0.6) is 0 Å². The first-order valence-electron chi connectivity index (χ1n) is 5.62. The SMILES string of the molecule is CC(C)(C)CNCCCC1(C)CC1. The van der Waals surface area contributed by atoms with E-state index in [1.54, 1.807) is 0 Å². The lowest BCUT2D eigenvalue weighted by Gasteiger charge is -2.19. The van der Waals surface area contributed by atoms with Gasteiger partial charge in [0.15, 0.2) is 0 Å². The predicted octanol–water partition coefficient (Wildman–Crippen LogP) is 3.20. The van der Waals surface area contributed by atoms with Crippen LogP contribution in [-0.4, -0.2) is 13.1 Å². The van der Waals surface area contributed by atoms with Crippen LogP contribution in [0.1, 0.15) is 53.4 Å². The third-order valence-corrected chi connectivity index (χ3v) is 2.89. The molecule has 0 atom stereocenters. The highest BCUT2D eigenvalue weighted by Gasteiger charge is 2.35. The van der Waals surface area contributed by atoms with Crippen LogP contribution in [-0.2, 0) is 0 Å². The van der Waals surface area contributed by atoms with Crippen LogP contribution >= 0.6 is 0 Å². The molecule has 13 heavy (non-hydrogen) atoms. The molecule has 1 N–H and O–H groups in total. The van der Waals surface area contributed by atoms with Gasteiger partial charge in [-0.05, 0) is 49.6 Å². The van der Waals surface area contributed by atoms with E-state index in [-0.39, 0.29) is 0 Å². The van der Waals surface area contributed by atoms with Gasteiger partial charge in [-0.1, -0.05) is 27.7 Å². The molecule has 1 fully saturated rings. The van der Waals surface area contributed by atoms with Crippen molar-refractivity contribution in [1.82, 2.24) is 5.32 Å². The van der Waals surface area contributed by atoms with Gasteiger partial charge in [0.1, 0.15) is 0 Å². The van der Waals surface area contributed by atoms with Crippen molar-refractivity contribution < 1.29 is 0 Å². The van der Waals surface area contributed by atoms with Crippen molar-refractivity contribution in [2.75, 3.05) is 13.1 Å². The van der Waals surface area contributed by atoms with Crippen LogP contribution < -0.4 is 5.32 Å². The summed E-state index contributed by atoms with van der Waals surface area (Å²) in [5, 5.41) is 3.53. The Kier molecular flexibility index (Phi) is 3.39. The lowest BCUT2D eigenvalue weighted by molar-refractivity contribution is 0.371. The first-order valence-corrected chi connectivity index (χ1v) is 5.62. The molecule has 78 valence electrons. The van der Waals surface area contributed by atoms with Gasteiger partial charge in [0.05, 0.1) is 0 Å². The molecule has 1 saturated carbocycles. The summed E-state index contributed by atoms with van der Waals surface area (Å²) in [4.78, 5) is 0. The summed E-state index contributed by atoms with van der Waals surface area (Å²) in [6, 6.07) is 0. The van der Waals surface area contributed by atoms with Gasteiger partial charge in [-0.3, -0.25) is 0 Å². The van der Waals surface area contributed by atoms with E-state index in [2.05, 4.69) is 33.0 Å². The quantitative estimate of drug-likeness (QED) is 0.645. The molecule has 0 amide bonds. The number of rotatable bonds is 5. The maximum absolute atomic E-state index is 3.53. The third-order valence-electron chi connectivity index (χ3n) is 2.89. The zero-order chi connectivity index (χ0) is 9.95. The first kappa shape index (κ1) is 11.0. The molecule has 0 unspecified atom stereocenters. The topological polar surface area (TPSA) is 12.0 Å². The predicted molar refractivity (Wildman–Crippen MR) is 58.9 cm³/mol. The Morgan fingerprint density at radius 1 is 1.23 bits per heavy atom. The van der Waals surface area contributed by atoms with Crippen molar-refractivity contribution in [3.05, 3.63) is 0 Å². The molecular formula is C12H25N. The van der Waals surface area contributed by atoms with Crippen molar-refractivity contribution in [3.8, 4) is 0 Å². The van der Waals surface area contributed by atoms with E-state index in [1.807, 2.05) is 0 Å². The summed E-state index contributed by atoms with van der Waals surface area (Å²) in [6.07, 6.45) is 5.70. The van der Waals surface area contributed by atoms with E-state index in [9.17, 15) is 0 Å². The van der Waals surface area contributed by atoms with Gasteiger partial charge >= 0.3 is 0 Å². The Bertz CT molecular complexity index is 144. The fourth-order valence-electron chi connectivity index (χ4n) is 1.57. The van der Waals surface area contributed by atoms with Crippen LogP contribution in [0.2, 0.25) is 0 Å². The molecule has 1 heteroatoms. The minimum absolute atomic E-state index is 0.434. The molecule has 0 spiro atoms. The monoisotopic (exact) mass is 183 g/mol. The van der Waals surface area contributed by atoms with Gasteiger partial charge in [0, 0.05) is 0 Å². The highest BCUT2D eigenvalue weighted by atomic mass is 14.9. The largest absolute Gasteiger partial charge is 0.316 e. The Labute approximate surface area is 83.3 Å². The zero-order valence-electron chi connectivity index (χ0n) is 9.74. The highest BCUT2D eigenvalue weighted by molar-refractivity contribution is 4.88. The summed E-state index contributed by atoms with van der Waals surface area (Å²) in [5.41, 5.74) is 1.17. The Morgan fingerprint density at radius 2 is 1.85 bits per heavy atom. The summed E-state index contributed by atoms with van der Waals surface area (Å²) >= 11 is 0. The fraction of sp³-hybridized carbons (Fsp3) is 1.00. The highest BCUT2D eigenvalue weighted by Crippen LogP contribution is 2.48. The summed E-state index contributed by atoms with van der Waals surface area (Å²) in [5.74, 6) is 0. The van der Waals surface area contributed by atoms with E-state index in [1.165, 1.54) is 32.2 Å². The van der Waals surface area contributed by atoms with Gasteiger partial charge < -0.3 is 5.32 Å². The average molecular weight is 183 g/mol. The maximum Gasteiger partial charge on any atom is -0.0000125 e. The molecule has 0 saturated heterocycles. The molecule has 1 rings (SSSR count). The minimum Gasteiger partial charge on any atom is -0.316 e. The van der Waals surface area contributed by atoms with E-state index >= 15 is 0 Å². The van der Waals surface area contributed by atoms with Crippen molar-refractivity contribution in [3.63, 3.8) is 0 Å². The van der Waals surface area contributed by atoms with Gasteiger partial charge in [0.25, 0.3) is 0 Å². The van der Waals surface area contributed by atoms with Gasteiger partial charge in [0.2, 0.25) is 0 Å². The van der Waals surface area contributed by atoms with E-state index in [4.69, 9.17) is 0 Å². The summed E-state index contributed by atoms with van der Waals surface area (Å²) in [6.45, 7) is 11.6. The van der Waals surface area contributed by atoms with E-state index in [0.717, 1.165) is 12.0 Å². The molecule has 0 aromatic rings. The number of hydrogen-bond donors (Lipinski definition) is 1. The second-order valence-electron chi connectivity index (χ2n) is 6.15. The van der Waals surface area contributed by atoms with Gasteiger partial charge in [-0.15, -0.1) is 0 Å². The molecule has 0 radical (unpaired) electrons. The molecule has 1 nitrogen and oxygen atoms in total. The standard InChI is InChI=1S/C12H25N/c1-11(2,3)10-13-9-5-6-12(4)7-8-12/h13H,5-10H2,1-4H3. The van der Waals surface area contributed by atoms with Crippen molar-refractivity contribution >= 4 is 0 Å². The Morgan fingerprint density at radius 3 is 2.31 bits per heavy atom. The maximum atomic E-state index is 3.53. The normalized spacial score (nSPS) is 20.3. The molecule has 1 aliphatic rings. The van der Waals surface area contributed by atoms with Crippen LogP contribution in [0.3, 0.4) is 0 Å². The number of nitrogens with one attached hydrogen (secondary N) is 1. The van der Waals surface area contributed by atoms with Crippen LogP contribution in [0.25, 0.3) is 0 Å². The average Bonchev–Trinajstić information content (AvgIpc) is 2.65. The van der Waals surface area contributed by atoms with Crippen molar-refractivity contribution in [2.24, 2.45) is 10.8 Å². The second-order valence-corrected chi connectivity index (χ2v) is 6.15. The van der Waals surface area contributed by atoms with Gasteiger partial charge in [-0.2, -0.15) is 0 Å². The van der Waals surface area contributed by atoms with Crippen molar-refractivity contribution in [1.29, 1.82) is 0 Å². The molecule has 0 aromatic carbocycles. The lowest BCUT2D eigenvalue weighted by Crippen LogP contribution is -2.27. The van der Waals surface area contributed by atoms with Crippen LogP contribution in [0.15, 0.2) is 0 Å². The lowest BCUT2D eigenvalue weighted by atomic mass is 9.97. The van der Waals surface area contributed by atoms with E-state index < -0.39 is 0 Å². The molecule has 0 aliphatic heterocycles. The zero-order valence-corrected chi connectivity index (χ0v) is 9.74. The van der Waals surface area contributed by atoms with Crippen LogP contribution in [0, 0.1) is 10.8 Å². The number of hydrogen-bond acceptors (Lipinski definition) is 1. The molecule has 0 heterocycles. The smallest absolute Gasteiger partial charge is 0.0000125 e. The Balaban J connectivity index is 1.90. The Hall–Kier alpha value is -0.0400. The fourth-order valence-corrected chi connectivity index (χ4v) is 1.57. The summed E-state index contributed by atoms with van der Waals surface area (Å²) in [7, 11) is 0. The van der Waals surface area contributed by atoms with Crippen molar-refractivity contribution in [2.45, 2.75) is 53.4 Å². The van der Waals surface area contributed by atoms with Crippen LogP contribution in [0.4, 0.5) is 0 Å². The first-order chi connectivity index (χ1) is 5.91. The molecule has 0 aromatic heterocycles. The summed E-state index contributed by atoms with van der Waals surface area (Å²) < 4.78 is 0. The molecule has 0 bridgehead atoms.